The van der Waals surface area contributed by atoms with Crippen molar-refractivity contribution >= 4 is 29.2 Å². The number of rotatable bonds is 9. The van der Waals surface area contributed by atoms with Gasteiger partial charge >= 0.3 is 0 Å². The molecule has 0 saturated heterocycles. The van der Waals surface area contributed by atoms with Crippen LogP contribution in [0.3, 0.4) is 0 Å². The van der Waals surface area contributed by atoms with Crippen molar-refractivity contribution in [1.29, 1.82) is 0 Å². The number of imidazole rings is 1. The van der Waals surface area contributed by atoms with E-state index in [0.29, 0.717) is 16.5 Å². The molecule has 0 aliphatic carbocycles. The van der Waals surface area contributed by atoms with Gasteiger partial charge in [0.05, 0.1) is 15.6 Å². The van der Waals surface area contributed by atoms with Gasteiger partial charge < -0.3 is 9.47 Å². The molecule has 3 nitrogen and oxygen atoms in total. The number of aryl methyl sites for hydroxylation is 1. The van der Waals surface area contributed by atoms with Gasteiger partial charge in [-0.05, 0) is 41.3 Å². The maximum atomic E-state index is 14.7. The van der Waals surface area contributed by atoms with Crippen LogP contribution in [-0.4, -0.2) is 16.1 Å². The van der Waals surface area contributed by atoms with E-state index in [4.69, 9.17) is 28.2 Å². The summed E-state index contributed by atoms with van der Waals surface area (Å²) in [4.78, 5) is 7.02. The Balaban J connectivity index is 2.06. The second-order valence-corrected chi connectivity index (χ2v) is 9.25. The van der Waals surface area contributed by atoms with E-state index >= 15 is 0 Å². The third-order valence-corrected chi connectivity index (χ3v) is 7.12. The molecule has 0 fully saturated rings. The molecule has 1 heterocycles. The molecule has 1 aromatic heterocycles. The first-order valence-electron chi connectivity index (χ1n) is 11.5. The number of nitrogens with zero attached hydrogens (tertiary/aromatic N) is 3. The van der Waals surface area contributed by atoms with Crippen molar-refractivity contribution in [3.63, 3.8) is 0 Å². The smallest absolute Gasteiger partial charge is 0.206 e. The zero-order valence-corrected chi connectivity index (χ0v) is 20.9. The molecule has 0 N–H and O–H groups in total. The Labute approximate surface area is 210 Å². The number of aromatic nitrogens is 2. The van der Waals surface area contributed by atoms with Gasteiger partial charge in [-0.2, -0.15) is 0 Å². The minimum Gasteiger partial charge on any atom is -0.328 e. The fraction of sp³-hybridized carbons (Fsp3) is 0.250. The molecule has 0 saturated carbocycles. The van der Waals surface area contributed by atoms with Crippen molar-refractivity contribution in [1.82, 2.24) is 9.55 Å². The molecule has 1 unspecified atom stereocenters. The SMILES string of the molecule is CCCCN(c1nccn1C)C(Cc1cccc(Cl)c1Cl)(c1ccccc1)c1cccc(F)c1. The van der Waals surface area contributed by atoms with Crippen LogP contribution in [0.4, 0.5) is 10.3 Å². The fourth-order valence-corrected chi connectivity index (χ4v) is 4.98. The third-order valence-electron chi connectivity index (χ3n) is 6.26. The molecule has 1 atom stereocenters. The quantitative estimate of drug-likeness (QED) is 0.237. The number of anilines is 1. The van der Waals surface area contributed by atoms with Gasteiger partial charge in [-0.3, -0.25) is 0 Å². The maximum absolute atomic E-state index is 14.7. The van der Waals surface area contributed by atoms with Gasteiger partial charge in [0.25, 0.3) is 0 Å². The maximum Gasteiger partial charge on any atom is 0.206 e. The van der Waals surface area contributed by atoms with Gasteiger partial charge in [0.15, 0.2) is 0 Å². The standard InChI is InChI=1S/C28H28Cl2FN3/c1-3-4-17-34(27-32-16-18-33(27)2)28(22-11-6-5-7-12-22,23-13-9-14-24(31)19-23)20-21-10-8-15-25(29)26(21)30/h5-16,18-19H,3-4,17,20H2,1-2H3. The Morgan fingerprint density at radius 2 is 1.71 bits per heavy atom. The highest BCUT2D eigenvalue weighted by molar-refractivity contribution is 6.42. The molecule has 0 radical (unpaired) electrons. The lowest BCUT2D eigenvalue weighted by atomic mass is 9.76. The van der Waals surface area contributed by atoms with Crippen molar-refractivity contribution in [3.8, 4) is 0 Å². The number of benzene rings is 3. The summed E-state index contributed by atoms with van der Waals surface area (Å²) in [7, 11) is 1.98. The molecule has 3 aromatic carbocycles. The lowest BCUT2D eigenvalue weighted by Gasteiger charge is -2.46. The average molecular weight is 496 g/mol. The van der Waals surface area contributed by atoms with E-state index in [1.54, 1.807) is 24.4 Å². The first-order chi connectivity index (χ1) is 16.5. The van der Waals surface area contributed by atoms with E-state index in [0.717, 1.165) is 42.0 Å². The van der Waals surface area contributed by atoms with Gasteiger partial charge in [-0.1, -0.05) is 91.1 Å². The van der Waals surface area contributed by atoms with Gasteiger partial charge in [0, 0.05) is 32.4 Å². The van der Waals surface area contributed by atoms with Crippen LogP contribution in [0.25, 0.3) is 0 Å². The van der Waals surface area contributed by atoms with Crippen molar-refractivity contribution in [2.45, 2.75) is 31.7 Å². The van der Waals surface area contributed by atoms with Crippen molar-refractivity contribution < 1.29 is 4.39 Å². The molecule has 6 heteroatoms. The van der Waals surface area contributed by atoms with Crippen LogP contribution in [0.2, 0.25) is 10.0 Å². The van der Waals surface area contributed by atoms with E-state index < -0.39 is 5.54 Å². The molecule has 34 heavy (non-hydrogen) atoms. The van der Waals surface area contributed by atoms with E-state index in [1.807, 2.05) is 54.2 Å². The van der Waals surface area contributed by atoms with Crippen LogP contribution in [-0.2, 0) is 19.0 Å². The Hall–Kier alpha value is -2.82. The van der Waals surface area contributed by atoms with Crippen molar-refractivity contribution in [2.24, 2.45) is 7.05 Å². The molecular weight excluding hydrogens is 468 g/mol. The van der Waals surface area contributed by atoms with Crippen LogP contribution < -0.4 is 4.90 Å². The normalized spacial score (nSPS) is 13.0. The molecule has 4 aromatic rings. The second kappa shape index (κ2) is 10.6. The van der Waals surface area contributed by atoms with E-state index in [-0.39, 0.29) is 5.82 Å². The summed E-state index contributed by atoms with van der Waals surface area (Å²) >= 11 is 13.2. The Morgan fingerprint density at radius 3 is 2.38 bits per heavy atom. The molecule has 0 spiro atoms. The van der Waals surface area contributed by atoms with E-state index in [9.17, 15) is 4.39 Å². The first-order valence-corrected chi connectivity index (χ1v) is 12.2. The van der Waals surface area contributed by atoms with Crippen LogP contribution >= 0.6 is 23.2 Å². The molecule has 176 valence electrons. The molecule has 0 aliphatic rings. The minimum atomic E-state index is -0.786. The Kier molecular flexibility index (Phi) is 7.60. The van der Waals surface area contributed by atoms with E-state index in [2.05, 4.69) is 24.0 Å². The molecule has 0 aliphatic heterocycles. The van der Waals surface area contributed by atoms with E-state index in [1.165, 1.54) is 6.07 Å². The highest BCUT2D eigenvalue weighted by Crippen LogP contribution is 2.43. The molecule has 4 rings (SSSR count). The van der Waals surface area contributed by atoms with Gasteiger partial charge in [-0.15, -0.1) is 0 Å². The summed E-state index contributed by atoms with van der Waals surface area (Å²) in [6.45, 7) is 2.89. The fourth-order valence-electron chi connectivity index (χ4n) is 4.59. The third kappa shape index (κ3) is 4.70. The highest BCUT2D eigenvalue weighted by Gasteiger charge is 2.43. The van der Waals surface area contributed by atoms with Gasteiger partial charge in [-0.25, -0.2) is 9.37 Å². The zero-order chi connectivity index (χ0) is 24.1. The number of halogens is 3. The number of hydrogen-bond donors (Lipinski definition) is 0. The summed E-state index contributed by atoms with van der Waals surface area (Å²) in [5.74, 6) is 0.519. The largest absolute Gasteiger partial charge is 0.328 e. The summed E-state index contributed by atoms with van der Waals surface area (Å²) in [5.41, 5.74) is 1.95. The van der Waals surface area contributed by atoms with Gasteiger partial charge in [0.1, 0.15) is 5.82 Å². The first kappa shape index (κ1) is 24.3. The van der Waals surface area contributed by atoms with Crippen LogP contribution in [0.1, 0.15) is 36.5 Å². The minimum absolute atomic E-state index is 0.287. The number of unbranched alkanes of at least 4 members (excludes halogenated alkanes) is 1. The summed E-state index contributed by atoms with van der Waals surface area (Å²) in [5, 5.41) is 1.01. The predicted molar refractivity (Wildman–Crippen MR) is 139 cm³/mol. The Morgan fingerprint density at radius 1 is 0.971 bits per heavy atom. The lowest BCUT2D eigenvalue weighted by molar-refractivity contribution is 0.447. The van der Waals surface area contributed by atoms with Crippen LogP contribution in [0.5, 0.6) is 0 Å². The van der Waals surface area contributed by atoms with Crippen molar-refractivity contribution in [2.75, 3.05) is 11.4 Å². The van der Waals surface area contributed by atoms with Crippen molar-refractivity contribution in [3.05, 3.63) is 118 Å². The summed E-state index contributed by atoms with van der Waals surface area (Å²) in [6.07, 6.45) is 6.16. The van der Waals surface area contributed by atoms with Gasteiger partial charge in [0.2, 0.25) is 5.95 Å². The zero-order valence-electron chi connectivity index (χ0n) is 19.4. The predicted octanol–water partition coefficient (Wildman–Crippen LogP) is 7.66. The van der Waals surface area contributed by atoms with Crippen LogP contribution in [0.15, 0.2) is 85.2 Å². The monoisotopic (exact) mass is 495 g/mol. The molecule has 0 amide bonds. The summed E-state index contributed by atoms with van der Waals surface area (Å²) < 4.78 is 16.8. The van der Waals surface area contributed by atoms with Crippen LogP contribution in [0, 0.1) is 5.82 Å². The second-order valence-electron chi connectivity index (χ2n) is 8.47. The number of hydrogen-bond acceptors (Lipinski definition) is 2. The highest BCUT2D eigenvalue weighted by atomic mass is 35.5. The lowest BCUT2D eigenvalue weighted by Crippen LogP contribution is -2.51. The summed E-state index contributed by atoms with van der Waals surface area (Å²) in [6, 6.07) is 22.7. The topological polar surface area (TPSA) is 21.1 Å². The molecule has 0 bridgehead atoms. The Bertz CT molecular complexity index is 1240. The average Bonchev–Trinajstić information content (AvgIpc) is 3.27. The molecular formula is C28H28Cl2FN3.